The molecule has 0 N–H and O–H groups in total. The second kappa shape index (κ2) is 6.54. The molecule has 132 valence electrons. The molecule has 0 saturated carbocycles. The standard InChI is InChI=1S/C22H22N2O2/c1-4-5-9-17-18(14(2)26-3)12-20-21-16(13-24(20)22(17)25)11-15-8-6-7-10-19(15)23-21/h4,6-8,10-12,14H,1,5,9,13H2,2-3H3. The molecule has 2 aromatic heterocycles. The topological polar surface area (TPSA) is 44.1 Å². The second-order valence-corrected chi connectivity index (χ2v) is 6.75. The van der Waals surface area contributed by atoms with Gasteiger partial charge in [-0.3, -0.25) is 4.79 Å². The highest BCUT2D eigenvalue weighted by Gasteiger charge is 2.26. The molecule has 0 fully saturated rings. The minimum absolute atomic E-state index is 0.0605. The summed E-state index contributed by atoms with van der Waals surface area (Å²) in [6, 6.07) is 12.3. The van der Waals surface area contributed by atoms with Crippen molar-refractivity contribution in [3.63, 3.8) is 0 Å². The Hall–Kier alpha value is -2.72. The molecule has 4 heteroatoms. The van der Waals surface area contributed by atoms with E-state index < -0.39 is 0 Å². The van der Waals surface area contributed by atoms with Gasteiger partial charge >= 0.3 is 0 Å². The SMILES string of the molecule is C=CCCc1c(C(C)OC)cc2n(c1=O)Cc1cc3ccccc3nc1-2. The molecule has 0 spiro atoms. The van der Waals surface area contributed by atoms with E-state index in [1.807, 2.05) is 35.8 Å². The van der Waals surface area contributed by atoms with Crippen molar-refractivity contribution in [2.45, 2.75) is 32.4 Å². The van der Waals surface area contributed by atoms with Gasteiger partial charge in [0, 0.05) is 23.6 Å². The summed E-state index contributed by atoms with van der Waals surface area (Å²) >= 11 is 0. The molecule has 26 heavy (non-hydrogen) atoms. The Kier molecular flexibility index (Phi) is 4.21. The van der Waals surface area contributed by atoms with Gasteiger partial charge in [0.15, 0.2) is 0 Å². The van der Waals surface area contributed by atoms with Gasteiger partial charge in [-0.2, -0.15) is 0 Å². The van der Waals surface area contributed by atoms with Crippen molar-refractivity contribution in [2.75, 3.05) is 7.11 Å². The largest absolute Gasteiger partial charge is 0.377 e. The van der Waals surface area contributed by atoms with Crippen LogP contribution in [0.5, 0.6) is 0 Å². The number of allylic oxidation sites excluding steroid dienone is 1. The maximum Gasteiger partial charge on any atom is 0.254 e. The van der Waals surface area contributed by atoms with Crippen molar-refractivity contribution in [1.82, 2.24) is 9.55 Å². The Morgan fingerprint density at radius 1 is 1.35 bits per heavy atom. The summed E-state index contributed by atoms with van der Waals surface area (Å²) in [4.78, 5) is 18.1. The molecular weight excluding hydrogens is 324 g/mol. The summed E-state index contributed by atoms with van der Waals surface area (Å²) in [5.41, 5.74) is 5.67. The minimum Gasteiger partial charge on any atom is -0.377 e. The van der Waals surface area contributed by atoms with Crippen molar-refractivity contribution < 1.29 is 4.74 Å². The average molecular weight is 346 g/mol. The lowest BCUT2D eigenvalue weighted by molar-refractivity contribution is 0.118. The van der Waals surface area contributed by atoms with E-state index in [-0.39, 0.29) is 11.7 Å². The number of aromatic nitrogens is 2. The third-order valence-corrected chi connectivity index (χ3v) is 5.20. The Bertz CT molecular complexity index is 1070. The maximum atomic E-state index is 13.2. The van der Waals surface area contributed by atoms with Crippen LogP contribution in [-0.4, -0.2) is 16.7 Å². The van der Waals surface area contributed by atoms with Gasteiger partial charge in [0.05, 0.1) is 29.6 Å². The molecule has 0 amide bonds. The van der Waals surface area contributed by atoms with E-state index >= 15 is 0 Å². The number of rotatable bonds is 5. The number of hydrogen-bond acceptors (Lipinski definition) is 3. The molecule has 0 radical (unpaired) electrons. The number of ether oxygens (including phenoxy) is 1. The fourth-order valence-corrected chi connectivity index (χ4v) is 3.72. The fraction of sp³-hybridized carbons (Fsp3) is 0.273. The number of para-hydroxylation sites is 1. The lowest BCUT2D eigenvalue weighted by Crippen LogP contribution is -2.25. The van der Waals surface area contributed by atoms with E-state index in [4.69, 9.17) is 9.72 Å². The van der Waals surface area contributed by atoms with Crippen LogP contribution in [0.2, 0.25) is 0 Å². The van der Waals surface area contributed by atoms with Crippen LogP contribution in [0.15, 0.2) is 53.8 Å². The number of hydrogen-bond donors (Lipinski definition) is 0. The Morgan fingerprint density at radius 2 is 2.15 bits per heavy atom. The number of nitrogens with zero attached hydrogens (tertiary/aromatic N) is 2. The van der Waals surface area contributed by atoms with Crippen LogP contribution in [0.4, 0.5) is 0 Å². The van der Waals surface area contributed by atoms with Crippen molar-refractivity contribution in [1.29, 1.82) is 0 Å². The van der Waals surface area contributed by atoms with Gasteiger partial charge in [-0.15, -0.1) is 6.58 Å². The van der Waals surface area contributed by atoms with Gasteiger partial charge in [-0.25, -0.2) is 4.98 Å². The molecule has 1 unspecified atom stereocenters. The molecule has 0 saturated heterocycles. The van der Waals surface area contributed by atoms with Crippen molar-refractivity contribution in [3.8, 4) is 11.4 Å². The third-order valence-electron chi connectivity index (χ3n) is 5.20. The van der Waals surface area contributed by atoms with E-state index in [1.54, 1.807) is 7.11 Å². The van der Waals surface area contributed by atoms with Gasteiger partial charge in [0.25, 0.3) is 5.56 Å². The second-order valence-electron chi connectivity index (χ2n) is 6.75. The molecule has 4 nitrogen and oxygen atoms in total. The number of benzene rings is 1. The van der Waals surface area contributed by atoms with Crippen LogP contribution in [0, 0.1) is 0 Å². The zero-order valence-corrected chi connectivity index (χ0v) is 15.2. The zero-order valence-electron chi connectivity index (χ0n) is 15.2. The molecule has 1 atom stereocenters. The summed E-state index contributed by atoms with van der Waals surface area (Å²) < 4.78 is 7.38. The minimum atomic E-state index is -0.141. The summed E-state index contributed by atoms with van der Waals surface area (Å²) in [6.07, 6.45) is 3.16. The Balaban J connectivity index is 1.94. The lowest BCUT2D eigenvalue weighted by atomic mass is 9.99. The van der Waals surface area contributed by atoms with Crippen molar-refractivity contribution in [3.05, 3.63) is 76.1 Å². The molecule has 1 aliphatic rings. The molecule has 1 aromatic carbocycles. The Morgan fingerprint density at radius 3 is 2.92 bits per heavy atom. The van der Waals surface area contributed by atoms with Crippen LogP contribution in [-0.2, 0) is 17.7 Å². The predicted molar refractivity (Wildman–Crippen MR) is 104 cm³/mol. The third kappa shape index (κ3) is 2.58. The lowest BCUT2D eigenvalue weighted by Gasteiger charge is -2.17. The molecule has 3 heterocycles. The molecular formula is C22H22N2O2. The summed E-state index contributed by atoms with van der Waals surface area (Å²) in [6.45, 7) is 6.34. The van der Waals surface area contributed by atoms with Crippen molar-refractivity contribution >= 4 is 10.9 Å². The first-order valence-corrected chi connectivity index (χ1v) is 8.93. The van der Waals surface area contributed by atoms with Gasteiger partial charge in [-0.1, -0.05) is 24.3 Å². The van der Waals surface area contributed by atoms with Crippen molar-refractivity contribution in [2.24, 2.45) is 0 Å². The van der Waals surface area contributed by atoms with Crippen LogP contribution in [0.1, 0.15) is 36.1 Å². The van der Waals surface area contributed by atoms with Gasteiger partial charge in [-0.05, 0) is 43.5 Å². The normalized spacial score (nSPS) is 13.5. The fourth-order valence-electron chi connectivity index (χ4n) is 3.72. The molecule has 0 bridgehead atoms. The number of pyridine rings is 2. The van der Waals surface area contributed by atoms with Crippen LogP contribution >= 0.6 is 0 Å². The first-order chi connectivity index (χ1) is 12.6. The summed E-state index contributed by atoms with van der Waals surface area (Å²) in [5.74, 6) is 0. The first kappa shape index (κ1) is 16.7. The maximum absolute atomic E-state index is 13.2. The first-order valence-electron chi connectivity index (χ1n) is 8.93. The van der Waals surface area contributed by atoms with E-state index in [9.17, 15) is 4.79 Å². The molecule has 1 aliphatic heterocycles. The smallest absolute Gasteiger partial charge is 0.254 e. The van der Waals surface area contributed by atoms with E-state index in [2.05, 4.69) is 24.8 Å². The average Bonchev–Trinajstić information content (AvgIpc) is 3.02. The van der Waals surface area contributed by atoms with Gasteiger partial charge in [0.1, 0.15) is 0 Å². The molecule has 3 aromatic rings. The van der Waals surface area contributed by atoms with E-state index in [0.717, 1.165) is 45.4 Å². The van der Waals surface area contributed by atoms with Crippen LogP contribution in [0.25, 0.3) is 22.3 Å². The number of methoxy groups -OCH3 is 1. The van der Waals surface area contributed by atoms with Gasteiger partial charge < -0.3 is 9.30 Å². The number of fused-ring (bicyclic) bond motifs is 4. The van der Waals surface area contributed by atoms with Crippen LogP contribution in [0.3, 0.4) is 0 Å². The highest BCUT2D eigenvalue weighted by Crippen LogP contribution is 2.34. The predicted octanol–water partition coefficient (Wildman–Crippen LogP) is 4.25. The van der Waals surface area contributed by atoms with E-state index in [1.165, 1.54) is 0 Å². The summed E-state index contributed by atoms with van der Waals surface area (Å²) in [7, 11) is 1.67. The highest BCUT2D eigenvalue weighted by atomic mass is 16.5. The summed E-state index contributed by atoms with van der Waals surface area (Å²) in [5, 5.41) is 1.10. The molecule has 4 rings (SSSR count). The zero-order chi connectivity index (χ0) is 18.3. The quantitative estimate of drug-likeness (QED) is 0.507. The Labute approximate surface area is 152 Å². The monoisotopic (exact) mass is 346 g/mol. The molecule has 0 aliphatic carbocycles. The van der Waals surface area contributed by atoms with E-state index in [0.29, 0.717) is 13.0 Å². The van der Waals surface area contributed by atoms with Crippen LogP contribution < -0.4 is 5.56 Å². The highest BCUT2D eigenvalue weighted by molar-refractivity contribution is 5.83. The van der Waals surface area contributed by atoms with Gasteiger partial charge in [0.2, 0.25) is 0 Å².